The molecule has 2 heterocycles. The molecule has 0 saturated heterocycles. The van der Waals surface area contributed by atoms with Gasteiger partial charge in [-0.1, -0.05) is 29.0 Å². The molecule has 0 aliphatic rings. The average Bonchev–Trinajstić information content (AvgIpc) is 3.10. The van der Waals surface area contributed by atoms with Gasteiger partial charge in [-0.15, -0.1) is 4.68 Å². The summed E-state index contributed by atoms with van der Waals surface area (Å²) in [5.41, 5.74) is 0.587. The van der Waals surface area contributed by atoms with E-state index in [0.29, 0.717) is 24.4 Å². The molecule has 0 unspecified atom stereocenters. The van der Waals surface area contributed by atoms with E-state index in [2.05, 4.69) is 10.2 Å². The van der Waals surface area contributed by atoms with Gasteiger partial charge in [0, 0.05) is 24.7 Å². The number of nitrogens with zero attached hydrogens (tertiary/aromatic N) is 5. The third-order valence-corrected chi connectivity index (χ3v) is 5.82. The van der Waals surface area contributed by atoms with E-state index in [-0.39, 0.29) is 12.1 Å². The number of benzene rings is 1. The molecule has 2 aromatic heterocycles. The smallest absolute Gasteiger partial charge is 0.353 e. The second-order valence-electron chi connectivity index (χ2n) is 6.73. The van der Waals surface area contributed by atoms with E-state index in [1.54, 1.807) is 12.3 Å². The van der Waals surface area contributed by atoms with Crippen molar-refractivity contribution in [3.05, 3.63) is 42.4 Å². The van der Waals surface area contributed by atoms with Gasteiger partial charge >= 0.3 is 15.9 Å². The van der Waals surface area contributed by atoms with E-state index < -0.39 is 38.8 Å². The SMILES string of the molecule is CCN(CC)c1ccnn2cn[n+](CC(=O)c3cc(OC)cc(S(F)(F)(F)(F)F)c3)c12. The molecule has 7 nitrogen and oxygen atoms in total. The highest BCUT2D eigenvalue weighted by molar-refractivity contribution is 8.45. The van der Waals surface area contributed by atoms with Crippen LogP contribution in [0.25, 0.3) is 5.65 Å². The number of carbonyl (C=O) groups excluding carboxylic acids is 1. The van der Waals surface area contributed by atoms with E-state index in [4.69, 9.17) is 4.74 Å². The summed E-state index contributed by atoms with van der Waals surface area (Å²) in [5, 5.41) is 8.21. The summed E-state index contributed by atoms with van der Waals surface area (Å²) < 4.78 is 74.0. The zero-order chi connectivity index (χ0) is 23.1. The van der Waals surface area contributed by atoms with Crippen LogP contribution < -0.4 is 14.3 Å². The Morgan fingerprint density at radius 1 is 1.16 bits per heavy atom. The summed E-state index contributed by atoms with van der Waals surface area (Å²) in [4.78, 5) is 12.6. The molecule has 3 aromatic rings. The fraction of sp³-hybridized carbons (Fsp3) is 0.333. The maximum Gasteiger partial charge on any atom is 0.353 e. The summed E-state index contributed by atoms with van der Waals surface area (Å²) >= 11 is 0. The second-order valence-corrected chi connectivity index (χ2v) is 9.14. The largest absolute Gasteiger partial charge is 0.497 e. The topological polar surface area (TPSA) is 63.6 Å². The number of methoxy groups -OCH3 is 1. The molecule has 0 bridgehead atoms. The highest BCUT2D eigenvalue weighted by atomic mass is 32.5. The van der Waals surface area contributed by atoms with Gasteiger partial charge < -0.3 is 9.64 Å². The number of aromatic nitrogens is 4. The minimum atomic E-state index is -10.0. The van der Waals surface area contributed by atoms with Crippen LogP contribution in [-0.4, -0.2) is 40.7 Å². The predicted molar refractivity (Wildman–Crippen MR) is 105 cm³/mol. The van der Waals surface area contributed by atoms with Crippen molar-refractivity contribution in [2.75, 3.05) is 25.1 Å². The van der Waals surface area contributed by atoms with Crippen LogP contribution in [0.4, 0.5) is 25.1 Å². The molecule has 0 saturated carbocycles. The Morgan fingerprint density at radius 3 is 2.42 bits per heavy atom. The van der Waals surface area contributed by atoms with Gasteiger partial charge in [0.05, 0.1) is 13.3 Å². The molecule has 0 atom stereocenters. The fourth-order valence-corrected chi connectivity index (χ4v) is 3.84. The first-order valence-corrected chi connectivity index (χ1v) is 11.2. The fourth-order valence-electron chi connectivity index (χ4n) is 3.15. The molecule has 31 heavy (non-hydrogen) atoms. The minimum Gasteiger partial charge on any atom is -0.497 e. The van der Waals surface area contributed by atoms with Gasteiger partial charge in [-0.05, 0) is 37.1 Å². The lowest BCUT2D eigenvalue weighted by Crippen LogP contribution is -2.41. The number of rotatable bonds is 8. The number of ether oxygens (including phenoxy) is 1. The molecule has 13 heteroatoms. The summed E-state index contributed by atoms with van der Waals surface area (Å²) in [6.45, 7) is 4.69. The minimum absolute atomic E-state index is 0.148. The molecule has 3 rings (SSSR count). The van der Waals surface area contributed by atoms with Crippen LogP contribution in [0.1, 0.15) is 24.2 Å². The Kier molecular flexibility index (Phi) is 5.16. The maximum absolute atomic E-state index is 13.3. The lowest BCUT2D eigenvalue weighted by atomic mass is 10.1. The molecule has 0 spiro atoms. The molecule has 170 valence electrons. The zero-order valence-corrected chi connectivity index (χ0v) is 17.8. The first kappa shape index (κ1) is 22.7. The Hall–Kier alpha value is -2.96. The summed E-state index contributed by atoms with van der Waals surface area (Å²) in [7, 11) is -8.98. The van der Waals surface area contributed by atoms with E-state index in [0.717, 1.165) is 13.2 Å². The number of halogens is 5. The molecule has 0 aliphatic heterocycles. The van der Waals surface area contributed by atoms with Crippen LogP contribution in [0.2, 0.25) is 0 Å². The average molecular weight is 466 g/mol. The van der Waals surface area contributed by atoms with E-state index in [1.165, 1.54) is 15.5 Å². The number of fused-ring (bicyclic) bond motifs is 1. The van der Waals surface area contributed by atoms with Crippen LogP contribution in [0, 0.1) is 0 Å². The molecule has 0 aliphatic carbocycles. The molecular formula is C18H21F5N5O2S+. The van der Waals surface area contributed by atoms with Gasteiger partial charge in [0.1, 0.15) is 16.3 Å². The van der Waals surface area contributed by atoms with Gasteiger partial charge in [-0.3, -0.25) is 4.79 Å². The van der Waals surface area contributed by atoms with Crippen molar-refractivity contribution in [3.8, 4) is 5.75 Å². The number of ketones is 1. The Bertz CT molecular complexity index is 1150. The van der Waals surface area contributed by atoms with Crippen LogP contribution in [0.5, 0.6) is 5.75 Å². The highest BCUT2D eigenvalue weighted by Crippen LogP contribution is 3.02. The van der Waals surface area contributed by atoms with Crippen LogP contribution >= 0.6 is 10.2 Å². The third kappa shape index (κ3) is 4.70. The van der Waals surface area contributed by atoms with Gasteiger partial charge in [0.25, 0.3) is 6.33 Å². The first-order chi connectivity index (χ1) is 14.3. The summed E-state index contributed by atoms with van der Waals surface area (Å²) in [5.74, 6) is -1.35. The molecule has 0 radical (unpaired) electrons. The van der Waals surface area contributed by atoms with Crippen molar-refractivity contribution in [1.82, 2.24) is 14.7 Å². The Labute approximate surface area is 174 Å². The number of anilines is 1. The van der Waals surface area contributed by atoms with E-state index in [1.807, 2.05) is 18.7 Å². The zero-order valence-electron chi connectivity index (χ0n) is 16.9. The molecular weight excluding hydrogens is 445 g/mol. The number of hydrogen-bond acceptors (Lipinski definition) is 5. The quantitative estimate of drug-likeness (QED) is 0.280. The van der Waals surface area contributed by atoms with Gasteiger partial charge in [0.2, 0.25) is 5.78 Å². The predicted octanol–water partition coefficient (Wildman–Crippen LogP) is 4.41. The van der Waals surface area contributed by atoms with Gasteiger partial charge in [-0.2, -0.15) is 0 Å². The van der Waals surface area contributed by atoms with Crippen molar-refractivity contribution in [2.24, 2.45) is 0 Å². The molecule has 0 N–H and O–H groups in total. The lowest BCUT2D eigenvalue weighted by Gasteiger charge is -2.40. The van der Waals surface area contributed by atoms with Crippen molar-refractivity contribution in [1.29, 1.82) is 0 Å². The molecule has 0 amide bonds. The van der Waals surface area contributed by atoms with Crippen LogP contribution in [0.3, 0.4) is 0 Å². The highest BCUT2D eigenvalue weighted by Gasteiger charge is 2.65. The first-order valence-electron chi connectivity index (χ1n) is 9.21. The summed E-state index contributed by atoms with van der Waals surface area (Å²) in [6.07, 6.45) is 2.90. The van der Waals surface area contributed by atoms with Crippen molar-refractivity contribution in [2.45, 2.75) is 25.3 Å². The Morgan fingerprint density at radius 2 is 1.84 bits per heavy atom. The molecule has 1 aromatic carbocycles. The van der Waals surface area contributed by atoms with Gasteiger partial charge in [0.15, 0.2) is 6.54 Å². The van der Waals surface area contributed by atoms with Gasteiger partial charge in [-0.25, -0.2) is 0 Å². The standard InChI is InChI=1S/C18H21F5N5O2S/c1-4-26(5-2)16-6-7-24-28-12-25-27(18(16)28)11-17(29)13-8-14(30-3)10-15(9-13)31(19,20,21,22)23/h6-10,12H,4-5,11H2,1-3H3/q+1. The number of hydrogen-bond donors (Lipinski definition) is 0. The van der Waals surface area contributed by atoms with Crippen molar-refractivity contribution >= 4 is 27.3 Å². The van der Waals surface area contributed by atoms with Crippen molar-refractivity contribution < 1.29 is 33.6 Å². The number of Topliss-reactive ketones (excluding diaryl/α,β-unsaturated/α-hetero) is 1. The number of carbonyl (C=O) groups is 1. The van der Waals surface area contributed by atoms with E-state index in [9.17, 15) is 24.2 Å². The van der Waals surface area contributed by atoms with Crippen LogP contribution in [-0.2, 0) is 6.54 Å². The molecule has 0 fully saturated rings. The van der Waals surface area contributed by atoms with Crippen LogP contribution in [0.15, 0.2) is 41.7 Å². The summed E-state index contributed by atoms with van der Waals surface area (Å²) in [6, 6.07) is 3.04. The third-order valence-electron chi connectivity index (χ3n) is 4.70. The Balaban J connectivity index is 2.06. The lowest BCUT2D eigenvalue weighted by molar-refractivity contribution is -0.714. The maximum atomic E-state index is 13.3. The second kappa shape index (κ2) is 7.04. The van der Waals surface area contributed by atoms with E-state index >= 15 is 0 Å². The monoisotopic (exact) mass is 466 g/mol. The normalized spacial score (nSPS) is 14.2. The van der Waals surface area contributed by atoms with Crippen molar-refractivity contribution in [3.63, 3.8) is 0 Å².